The maximum absolute atomic E-state index is 13.4. The summed E-state index contributed by atoms with van der Waals surface area (Å²) in [4.78, 5) is 45.1. The lowest BCUT2D eigenvalue weighted by Crippen LogP contribution is -2.51. The molecule has 1 aromatic carbocycles. The van der Waals surface area contributed by atoms with Gasteiger partial charge in [0.2, 0.25) is 11.8 Å². The Morgan fingerprint density at radius 1 is 1.17 bits per heavy atom. The number of fused-ring (bicyclic) bond motifs is 1. The molecule has 0 radical (unpaired) electrons. The summed E-state index contributed by atoms with van der Waals surface area (Å²) in [5.74, 6) is 0.701. The molecule has 36 heavy (non-hydrogen) atoms. The molecule has 1 atom stereocenters. The van der Waals surface area contributed by atoms with Crippen LogP contribution in [0.4, 0.5) is 10.5 Å². The average molecular weight is 515 g/mol. The topological polar surface area (TPSA) is 82.2 Å². The Labute approximate surface area is 218 Å². The molecule has 0 aliphatic carbocycles. The zero-order valence-electron chi connectivity index (χ0n) is 21.4. The van der Waals surface area contributed by atoms with Crippen molar-refractivity contribution in [1.29, 1.82) is 0 Å². The molecule has 0 aromatic heterocycles. The second kappa shape index (κ2) is 10.6. The first-order valence-corrected chi connectivity index (χ1v) is 14.2. The molecule has 1 unspecified atom stereocenters. The van der Waals surface area contributed by atoms with Crippen molar-refractivity contribution in [3.05, 3.63) is 29.8 Å². The van der Waals surface area contributed by atoms with Crippen molar-refractivity contribution in [3.8, 4) is 0 Å². The lowest BCUT2D eigenvalue weighted by molar-refractivity contribution is -0.139. The molecule has 4 heterocycles. The van der Waals surface area contributed by atoms with Gasteiger partial charge >= 0.3 is 6.03 Å². The van der Waals surface area contributed by atoms with Crippen LogP contribution >= 0.6 is 11.8 Å². The molecule has 3 fully saturated rings. The van der Waals surface area contributed by atoms with Crippen LogP contribution in [0.1, 0.15) is 57.9 Å². The number of piperidine rings is 1. The molecule has 196 valence electrons. The highest BCUT2D eigenvalue weighted by Gasteiger charge is 2.52. The summed E-state index contributed by atoms with van der Waals surface area (Å²) in [6.07, 6.45) is 4.41. The Bertz CT molecular complexity index is 988. The lowest BCUT2D eigenvalue weighted by atomic mass is 10.0. The second-order valence-electron chi connectivity index (χ2n) is 10.9. The van der Waals surface area contributed by atoms with E-state index in [1.54, 1.807) is 11.8 Å². The fraction of sp³-hybridized carbons (Fsp3) is 0.667. The molecule has 1 spiro atoms. The summed E-state index contributed by atoms with van der Waals surface area (Å²) in [5.41, 5.74) is 2.01. The van der Waals surface area contributed by atoms with E-state index in [0.29, 0.717) is 38.8 Å². The number of urea groups is 1. The van der Waals surface area contributed by atoms with Gasteiger partial charge in [-0.3, -0.25) is 9.59 Å². The van der Waals surface area contributed by atoms with Gasteiger partial charge in [0.25, 0.3) is 0 Å². The Morgan fingerprint density at radius 2 is 1.89 bits per heavy atom. The minimum Gasteiger partial charge on any atom is -0.381 e. The standard InChI is InChI=1S/C27H38N4O4S/c1-19(2)7-14-31-25(33)23(36-27(31)10-15-35-16-11-27)17-24(32)29-12-8-21(9-13-29)30-18-20-5-3-4-6-22(20)28-26(30)34/h3-6,19,21,23H,7-18H2,1-2H3,(H,28,34). The van der Waals surface area contributed by atoms with Gasteiger partial charge in [0.05, 0.1) is 10.1 Å². The molecule has 4 aliphatic rings. The number of hydrogen-bond acceptors (Lipinski definition) is 5. The number of amides is 4. The Balaban J connectivity index is 1.17. The molecule has 3 saturated heterocycles. The number of thioether (sulfide) groups is 1. The van der Waals surface area contributed by atoms with Crippen molar-refractivity contribution >= 4 is 35.3 Å². The predicted molar refractivity (Wildman–Crippen MR) is 141 cm³/mol. The van der Waals surface area contributed by atoms with Gasteiger partial charge in [-0.05, 0) is 36.8 Å². The molecule has 1 aromatic rings. The molecular formula is C27H38N4O4S. The number of carbonyl (C=O) groups excluding carboxylic acids is 3. The van der Waals surface area contributed by atoms with Crippen LogP contribution in [0.2, 0.25) is 0 Å². The van der Waals surface area contributed by atoms with Gasteiger partial charge in [-0.2, -0.15) is 0 Å². The zero-order valence-corrected chi connectivity index (χ0v) is 22.2. The molecule has 0 bridgehead atoms. The second-order valence-corrected chi connectivity index (χ2v) is 12.4. The van der Waals surface area contributed by atoms with E-state index in [4.69, 9.17) is 4.74 Å². The summed E-state index contributed by atoms with van der Waals surface area (Å²) in [6, 6.07) is 7.96. The number of rotatable bonds is 6. The normalized spacial score (nSPS) is 24.4. The quantitative estimate of drug-likeness (QED) is 0.623. The first-order valence-electron chi connectivity index (χ1n) is 13.4. The maximum atomic E-state index is 13.4. The Morgan fingerprint density at radius 3 is 2.61 bits per heavy atom. The average Bonchev–Trinajstić information content (AvgIpc) is 3.12. The highest BCUT2D eigenvalue weighted by molar-refractivity contribution is 8.02. The van der Waals surface area contributed by atoms with Crippen molar-refractivity contribution in [2.45, 2.75) is 75.1 Å². The molecule has 9 heteroatoms. The van der Waals surface area contributed by atoms with Crippen molar-refractivity contribution in [2.75, 3.05) is 38.2 Å². The van der Waals surface area contributed by atoms with Gasteiger partial charge in [0.15, 0.2) is 0 Å². The van der Waals surface area contributed by atoms with Gasteiger partial charge in [0, 0.05) is 70.4 Å². The fourth-order valence-electron chi connectivity index (χ4n) is 5.89. The SMILES string of the molecule is CC(C)CCN1C(=O)C(CC(=O)N2CCC(N3Cc4ccccc4NC3=O)CC2)SC12CCOCC2. The number of nitrogens with zero attached hydrogens (tertiary/aromatic N) is 3. The zero-order chi connectivity index (χ0) is 25.3. The van der Waals surface area contributed by atoms with Crippen LogP contribution in [0.3, 0.4) is 0 Å². The number of benzene rings is 1. The third-order valence-electron chi connectivity index (χ3n) is 8.08. The highest BCUT2D eigenvalue weighted by atomic mass is 32.2. The van der Waals surface area contributed by atoms with E-state index in [1.165, 1.54) is 0 Å². The van der Waals surface area contributed by atoms with E-state index in [-0.39, 0.29) is 40.4 Å². The van der Waals surface area contributed by atoms with Crippen LogP contribution in [0.25, 0.3) is 0 Å². The van der Waals surface area contributed by atoms with Gasteiger partial charge in [-0.15, -0.1) is 11.8 Å². The third-order valence-corrected chi connectivity index (χ3v) is 9.80. The minimum atomic E-state index is -0.315. The molecular weight excluding hydrogens is 476 g/mol. The number of carbonyl (C=O) groups is 3. The van der Waals surface area contributed by atoms with Crippen LogP contribution in [0.15, 0.2) is 24.3 Å². The van der Waals surface area contributed by atoms with Crippen LogP contribution in [-0.4, -0.2) is 81.6 Å². The third kappa shape index (κ3) is 5.09. The molecule has 4 aliphatic heterocycles. The number of hydrogen-bond donors (Lipinski definition) is 1. The smallest absolute Gasteiger partial charge is 0.322 e. The molecule has 1 N–H and O–H groups in total. The molecule has 5 rings (SSSR count). The number of anilines is 1. The van der Waals surface area contributed by atoms with Gasteiger partial charge in [-0.25, -0.2) is 4.79 Å². The predicted octanol–water partition coefficient (Wildman–Crippen LogP) is 3.91. The summed E-state index contributed by atoms with van der Waals surface area (Å²) in [7, 11) is 0. The Kier molecular flexibility index (Phi) is 7.49. The monoisotopic (exact) mass is 514 g/mol. The van der Waals surface area contributed by atoms with Crippen LogP contribution in [-0.2, 0) is 20.9 Å². The molecule has 4 amide bonds. The minimum absolute atomic E-state index is 0.0562. The van der Waals surface area contributed by atoms with Crippen molar-refractivity contribution in [1.82, 2.24) is 14.7 Å². The van der Waals surface area contributed by atoms with E-state index < -0.39 is 0 Å². The van der Waals surface area contributed by atoms with Crippen LogP contribution in [0, 0.1) is 5.92 Å². The van der Waals surface area contributed by atoms with E-state index in [9.17, 15) is 14.4 Å². The Hall–Kier alpha value is -2.26. The van der Waals surface area contributed by atoms with Gasteiger partial charge < -0.3 is 24.8 Å². The van der Waals surface area contributed by atoms with Crippen molar-refractivity contribution in [3.63, 3.8) is 0 Å². The first-order chi connectivity index (χ1) is 17.4. The molecule has 0 saturated carbocycles. The van der Waals surface area contributed by atoms with Crippen molar-refractivity contribution < 1.29 is 19.1 Å². The largest absolute Gasteiger partial charge is 0.381 e. The number of para-hydroxylation sites is 1. The van der Waals surface area contributed by atoms with E-state index in [2.05, 4.69) is 24.1 Å². The fourth-order valence-corrected chi connectivity index (χ4v) is 7.59. The van der Waals surface area contributed by atoms with E-state index >= 15 is 0 Å². The van der Waals surface area contributed by atoms with Crippen molar-refractivity contribution in [2.24, 2.45) is 5.92 Å². The lowest BCUT2D eigenvalue weighted by Gasteiger charge is -2.41. The van der Waals surface area contributed by atoms with Gasteiger partial charge in [0.1, 0.15) is 0 Å². The number of nitrogens with one attached hydrogen (secondary N) is 1. The maximum Gasteiger partial charge on any atom is 0.322 e. The first kappa shape index (κ1) is 25.4. The summed E-state index contributed by atoms with van der Waals surface area (Å²) >= 11 is 1.70. The van der Waals surface area contributed by atoms with Crippen LogP contribution in [0.5, 0.6) is 0 Å². The van der Waals surface area contributed by atoms with Gasteiger partial charge in [-0.1, -0.05) is 32.0 Å². The highest BCUT2D eigenvalue weighted by Crippen LogP contribution is 2.49. The summed E-state index contributed by atoms with van der Waals surface area (Å²) < 4.78 is 5.61. The number of likely N-dealkylation sites (tertiary alicyclic amines) is 1. The summed E-state index contributed by atoms with van der Waals surface area (Å²) in [6.45, 7) is 8.30. The summed E-state index contributed by atoms with van der Waals surface area (Å²) in [5, 5.41) is 2.68. The van der Waals surface area contributed by atoms with Crippen LogP contribution < -0.4 is 5.32 Å². The molecule has 8 nitrogen and oxygen atoms in total. The van der Waals surface area contributed by atoms with E-state index in [1.807, 2.05) is 34.1 Å². The van der Waals surface area contributed by atoms with E-state index in [0.717, 1.165) is 49.9 Å². The number of ether oxygens (including phenoxy) is 1.